The second kappa shape index (κ2) is 10.9. The van der Waals surface area contributed by atoms with E-state index in [1.807, 2.05) is 0 Å². The van der Waals surface area contributed by atoms with E-state index >= 15 is 0 Å². The Bertz CT molecular complexity index is 414. The van der Waals surface area contributed by atoms with Gasteiger partial charge >= 0.3 is 0 Å². The molecule has 0 aliphatic carbocycles. The molecule has 112 valence electrons. The minimum atomic E-state index is 0.128. The van der Waals surface area contributed by atoms with Crippen LogP contribution in [0.3, 0.4) is 0 Å². The largest absolute Gasteiger partial charge is 0.395 e. The van der Waals surface area contributed by atoms with Crippen molar-refractivity contribution in [2.24, 2.45) is 0 Å². The molecule has 1 N–H and O–H groups in total. The van der Waals surface area contributed by atoms with Crippen molar-refractivity contribution in [2.75, 3.05) is 6.61 Å². The molecular weight excluding hydrogens is 268 g/mol. The number of aliphatic hydroxyl groups excluding tert-OH is 1. The van der Waals surface area contributed by atoms with Gasteiger partial charge in [-0.15, -0.1) is 11.3 Å². The fourth-order valence-electron chi connectivity index (χ4n) is 1.91. The fraction of sp³-hybridized carbons (Fsp3) is 0.647. The van der Waals surface area contributed by atoms with Crippen LogP contribution in [-0.2, 0) is 11.3 Å². The van der Waals surface area contributed by atoms with Crippen molar-refractivity contribution in [3.05, 3.63) is 21.9 Å². The van der Waals surface area contributed by atoms with Crippen LogP contribution in [0, 0.1) is 11.8 Å². The number of hydrogen-bond acceptors (Lipinski definition) is 3. The molecule has 1 aromatic heterocycles. The summed E-state index contributed by atoms with van der Waals surface area (Å²) in [6, 6.07) is 2.08. The second-order valence-corrected chi connectivity index (χ2v) is 6.04. The Kier molecular flexibility index (Phi) is 9.40. The lowest BCUT2D eigenvalue weighted by atomic mass is 10.1. The molecule has 0 saturated carbocycles. The molecular formula is C17H26O2S. The minimum absolute atomic E-state index is 0.128. The van der Waals surface area contributed by atoms with Crippen LogP contribution < -0.4 is 0 Å². The minimum Gasteiger partial charge on any atom is -0.395 e. The molecule has 1 unspecified atom stereocenters. The van der Waals surface area contributed by atoms with Crippen molar-refractivity contribution in [3.63, 3.8) is 0 Å². The summed E-state index contributed by atoms with van der Waals surface area (Å²) in [5.74, 6) is 5.98. The van der Waals surface area contributed by atoms with E-state index in [0.717, 1.165) is 12.0 Å². The maximum Gasteiger partial charge on any atom is 0.0813 e. The molecule has 20 heavy (non-hydrogen) atoms. The van der Waals surface area contributed by atoms with Gasteiger partial charge in [0.25, 0.3) is 0 Å². The Morgan fingerprint density at radius 2 is 2.20 bits per heavy atom. The smallest absolute Gasteiger partial charge is 0.0813 e. The van der Waals surface area contributed by atoms with Gasteiger partial charge in [-0.3, -0.25) is 0 Å². The number of unbranched alkanes of at least 4 members (excludes halogenated alkanes) is 3. The second-order valence-electron chi connectivity index (χ2n) is 5.05. The van der Waals surface area contributed by atoms with Crippen LogP contribution in [0.15, 0.2) is 11.4 Å². The molecule has 2 nitrogen and oxygen atoms in total. The molecule has 1 atom stereocenters. The van der Waals surface area contributed by atoms with Gasteiger partial charge in [-0.1, -0.05) is 44.4 Å². The Hall–Kier alpha value is -0.820. The first-order valence-electron chi connectivity index (χ1n) is 7.55. The predicted octanol–water partition coefficient (Wildman–Crippen LogP) is 4.36. The lowest BCUT2D eigenvalue weighted by Gasteiger charge is -2.11. The predicted molar refractivity (Wildman–Crippen MR) is 85.9 cm³/mol. The molecule has 0 amide bonds. The zero-order chi connectivity index (χ0) is 14.6. The lowest BCUT2D eigenvalue weighted by molar-refractivity contribution is 0.0475. The van der Waals surface area contributed by atoms with Crippen LogP contribution in [-0.4, -0.2) is 17.8 Å². The van der Waals surface area contributed by atoms with Crippen LogP contribution in [0.4, 0.5) is 0 Å². The third kappa shape index (κ3) is 7.69. The Morgan fingerprint density at radius 1 is 1.35 bits per heavy atom. The van der Waals surface area contributed by atoms with E-state index in [-0.39, 0.29) is 6.61 Å². The summed E-state index contributed by atoms with van der Waals surface area (Å²) < 4.78 is 5.87. The molecule has 1 aromatic rings. The summed E-state index contributed by atoms with van der Waals surface area (Å²) in [7, 11) is 0. The Morgan fingerprint density at radius 3 is 2.95 bits per heavy atom. The quantitative estimate of drug-likeness (QED) is 0.542. The summed E-state index contributed by atoms with van der Waals surface area (Å²) >= 11 is 1.69. The van der Waals surface area contributed by atoms with E-state index in [1.54, 1.807) is 11.3 Å². The van der Waals surface area contributed by atoms with E-state index in [0.29, 0.717) is 19.1 Å². The van der Waals surface area contributed by atoms with Crippen molar-refractivity contribution >= 4 is 11.3 Å². The monoisotopic (exact) mass is 294 g/mol. The van der Waals surface area contributed by atoms with Crippen LogP contribution in [0.1, 0.15) is 62.8 Å². The summed E-state index contributed by atoms with van der Waals surface area (Å²) in [5.41, 5.74) is 1.03. The van der Waals surface area contributed by atoms with E-state index in [9.17, 15) is 0 Å². The highest BCUT2D eigenvalue weighted by Gasteiger charge is 2.04. The maximum atomic E-state index is 8.68. The van der Waals surface area contributed by atoms with E-state index in [4.69, 9.17) is 9.84 Å². The number of aliphatic hydroxyl groups is 1. The van der Waals surface area contributed by atoms with Crippen LogP contribution >= 0.6 is 11.3 Å². The molecule has 0 bridgehead atoms. The van der Waals surface area contributed by atoms with Gasteiger partial charge in [0.15, 0.2) is 0 Å². The fourth-order valence-corrected chi connectivity index (χ4v) is 2.65. The molecule has 0 fully saturated rings. The average Bonchev–Trinajstić information content (AvgIpc) is 2.90. The molecule has 0 saturated heterocycles. The summed E-state index contributed by atoms with van der Waals surface area (Å²) in [6.07, 6.45) is 7.20. The topological polar surface area (TPSA) is 29.5 Å². The van der Waals surface area contributed by atoms with E-state index < -0.39 is 0 Å². The Labute approximate surface area is 127 Å². The van der Waals surface area contributed by atoms with Crippen molar-refractivity contribution < 1.29 is 9.84 Å². The first kappa shape index (κ1) is 17.2. The van der Waals surface area contributed by atoms with Gasteiger partial charge in [0.2, 0.25) is 0 Å². The van der Waals surface area contributed by atoms with Crippen molar-refractivity contribution in [1.29, 1.82) is 0 Å². The van der Waals surface area contributed by atoms with Crippen molar-refractivity contribution in [3.8, 4) is 11.8 Å². The van der Waals surface area contributed by atoms with Gasteiger partial charge in [0.1, 0.15) is 0 Å². The van der Waals surface area contributed by atoms with Crippen LogP contribution in [0.2, 0.25) is 0 Å². The van der Waals surface area contributed by atoms with E-state index in [1.165, 1.54) is 30.6 Å². The van der Waals surface area contributed by atoms with Gasteiger partial charge in [-0.2, -0.15) is 0 Å². The SMILES string of the molecule is CCCCCCC(C)OCc1cc(C#CCCO)cs1. The summed E-state index contributed by atoms with van der Waals surface area (Å²) in [6.45, 7) is 5.20. The number of hydrogen-bond donors (Lipinski definition) is 1. The molecule has 0 spiro atoms. The maximum absolute atomic E-state index is 8.68. The van der Waals surface area contributed by atoms with Crippen LogP contribution in [0.25, 0.3) is 0 Å². The lowest BCUT2D eigenvalue weighted by Crippen LogP contribution is -2.07. The third-order valence-electron chi connectivity index (χ3n) is 3.10. The highest BCUT2D eigenvalue weighted by atomic mass is 32.1. The number of thiophene rings is 1. The third-order valence-corrected chi connectivity index (χ3v) is 4.01. The van der Waals surface area contributed by atoms with Gasteiger partial charge < -0.3 is 9.84 Å². The summed E-state index contributed by atoms with van der Waals surface area (Å²) in [4.78, 5) is 1.22. The standard InChI is InChI=1S/C17H26O2S/c1-3-4-5-6-9-15(2)19-13-17-12-16(14-20-17)10-7-8-11-18/h12,14-15,18H,3-6,8-9,11,13H2,1-2H3. The average molecular weight is 294 g/mol. The van der Waals surface area contributed by atoms with Gasteiger partial charge in [-0.05, 0) is 19.4 Å². The molecule has 0 aliphatic rings. The Balaban J connectivity index is 2.23. The zero-order valence-corrected chi connectivity index (χ0v) is 13.5. The van der Waals surface area contributed by atoms with Gasteiger partial charge in [-0.25, -0.2) is 0 Å². The molecule has 1 rings (SSSR count). The van der Waals surface area contributed by atoms with E-state index in [2.05, 4.69) is 37.1 Å². The zero-order valence-electron chi connectivity index (χ0n) is 12.7. The normalized spacial score (nSPS) is 11.9. The first-order chi connectivity index (χ1) is 9.76. The van der Waals surface area contributed by atoms with Crippen LogP contribution in [0.5, 0.6) is 0 Å². The molecule has 1 heterocycles. The molecule has 0 aromatic carbocycles. The highest BCUT2D eigenvalue weighted by Crippen LogP contribution is 2.17. The number of rotatable bonds is 9. The number of ether oxygens (including phenoxy) is 1. The molecule has 0 aliphatic heterocycles. The van der Waals surface area contributed by atoms with Gasteiger partial charge in [0.05, 0.1) is 19.3 Å². The van der Waals surface area contributed by atoms with Crippen molar-refractivity contribution in [2.45, 2.75) is 65.1 Å². The molecule has 0 radical (unpaired) electrons. The highest BCUT2D eigenvalue weighted by molar-refractivity contribution is 7.10. The van der Waals surface area contributed by atoms with Crippen molar-refractivity contribution in [1.82, 2.24) is 0 Å². The molecule has 3 heteroatoms. The van der Waals surface area contributed by atoms with Gasteiger partial charge in [0, 0.05) is 22.2 Å². The summed E-state index contributed by atoms with van der Waals surface area (Å²) in [5, 5.41) is 10.7. The first-order valence-corrected chi connectivity index (χ1v) is 8.43.